The molecule has 0 heterocycles. The monoisotopic (exact) mass is 259 g/mol. The number of hydrogen-bond donors (Lipinski definition) is 3. The molecule has 1 aromatic carbocycles. The van der Waals surface area contributed by atoms with Gasteiger partial charge in [-0.15, -0.1) is 0 Å². The van der Waals surface area contributed by atoms with Crippen molar-refractivity contribution in [1.82, 2.24) is 5.32 Å². The van der Waals surface area contributed by atoms with Crippen LogP contribution < -0.4 is 5.32 Å². The van der Waals surface area contributed by atoms with Crippen LogP contribution in [-0.2, 0) is 4.79 Å². The third-order valence-corrected chi connectivity index (χ3v) is 2.22. The lowest BCUT2D eigenvalue weighted by Crippen LogP contribution is -2.41. The zero-order valence-electron chi connectivity index (χ0n) is 9.19. The number of carboxylic acids is 1. The Labute approximate surface area is 101 Å². The van der Waals surface area contributed by atoms with Crippen molar-refractivity contribution in [2.45, 2.75) is 12.5 Å². The maximum absolute atomic E-state index is 13.3. The molecule has 0 spiro atoms. The van der Waals surface area contributed by atoms with Crippen LogP contribution in [0.1, 0.15) is 16.8 Å². The molecule has 7 heteroatoms. The zero-order valence-corrected chi connectivity index (χ0v) is 9.19. The van der Waals surface area contributed by atoms with E-state index in [2.05, 4.69) is 0 Å². The smallest absolute Gasteiger partial charge is 0.326 e. The van der Waals surface area contributed by atoms with Crippen LogP contribution in [0.25, 0.3) is 0 Å². The van der Waals surface area contributed by atoms with E-state index in [4.69, 9.17) is 10.2 Å². The Morgan fingerprint density at radius 1 is 1.33 bits per heavy atom. The van der Waals surface area contributed by atoms with Crippen molar-refractivity contribution in [3.63, 3.8) is 0 Å². The average molecular weight is 259 g/mol. The lowest BCUT2D eigenvalue weighted by Gasteiger charge is -2.13. The number of rotatable bonds is 5. The minimum absolute atomic E-state index is 0.224. The fraction of sp³-hybridized carbons (Fsp3) is 0.273. The number of aliphatic hydroxyl groups excluding tert-OH is 1. The summed E-state index contributed by atoms with van der Waals surface area (Å²) in [7, 11) is 0. The summed E-state index contributed by atoms with van der Waals surface area (Å²) in [6, 6.07) is 1.65. The molecule has 0 aliphatic heterocycles. The molecule has 98 valence electrons. The molecule has 1 aromatic rings. The average Bonchev–Trinajstić information content (AvgIpc) is 2.31. The van der Waals surface area contributed by atoms with E-state index in [1.54, 1.807) is 0 Å². The maximum Gasteiger partial charge on any atom is 0.326 e. The summed E-state index contributed by atoms with van der Waals surface area (Å²) in [4.78, 5) is 22.3. The van der Waals surface area contributed by atoms with Crippen molar-refractivity contribution in [3.8, 4) is 0 Å². The second-order valence-corrected chi connectivity index (χ2v) is 3.48. The Morgan fingerprint density at radius 3 is 2.56 bits per heavy atom. The summed E-state index contributed by atoms with van der Waals surface area (Å²) in [5.74, 6) is -4.96. The molecule has 18 heavy (non-hydrogen) atoms. The van der Waals surface area contributed by atoms with Crippen LogP contribution in [0.2, 0.25) is 0 Å². The zero-order chi connectivity index (χ0) is 13.7. The van der Waals surface area contributed by atoms with E-state index >= 15 is 0 Å². The molecular formula is C11H11F2NO4. The molecule has 0 aliphatic rings. The maximum atomic E-state index is 13.3. The van der Waals surface area contributed by atoms with Gasteiger partial charge in [-0.25, -0.2) is 13.6 Å². The predicted molar refractivity (Wildman–Crippen MR) is 57.0 cm³/mol. The first kappa shape index (κ1) is 14.0. The highest BCUT2D eigenvalue weighted by molar-refractivity contribution is 5.96. The first-order chi connectivity index (χ1) is 8.47. The molecule has 0 saturated heterocycles. The van der Waals surface area contributed by atoms with Gasteiger partial charge in [0.25, 0.3) is 5.91 Å². The first-order valence-corrected chi connectivity index (χ1v) is 5.06. The number of aliphatic hydroxyl groups is 1. The summed E-state index contributed by atoms with van der Waals surface area (Å²) in [6.45, 7) is -0.455. The SMILES string of the molecule is O=C(NC(CCO)C(=O)O)c1cccc(F)c1F. The van der Waals surface area contributed by atoms with Crippen molar-refractivity contribution in [1.29, 1.82) is 0 Å². The van der Waals surface area contributed by atoms with E-state index < -0.39 is 41.7 Å². The predicted octanol–water partition coefficient (Wildman–Crippen LogP) is 0.530. The van der Waals surface area contributed by atoms with Crippen LogP contribution in [-0.4, -0.2) is 34.7 Å². The van der Waals surface area contributed by atoms with Gasteiger partial charge < -0.3 is 15.5 Å². The van der Waals surface area contributed by atoms with Gasteiger partial charge in [0.1, 0.15) is 6.04 Å². The summed E-state index contributed by atoms with van der Waals surface area (Å²) >= 11 is 0. The number of carbonyl (C=O) groups excluding carboxylic acids is 1. The van der Waals surface area contributed by atoms with Gasteiger partial charge in [-0.2, -0.15) is 0 Å². The lowest BCUT2D eigenvalue weighted by atomic mass is 10.1. The summed E-state index contributed by atoms with van der Waals surface area (Å²) in [5.41, 5.74) is -0.584. The molecule has 1 amide bonds. The Kier molecular flexibility index (Phi) is 4.73. The fourth-order valence-electron chi connectivity index (χ4n) is 1.30. The van der Waals surface area contributed by atoms with Crippen molar-refractivity contribution >= 4 is 11.9 Å². The number of carbonyl (C=O) groups is 2. The van der Waals surface area contributed by atoms with E-state index in [0.717, 1.165) is 18.2 Å². The van der Waals surface area contributed by atoms with Gasteiger partial charge in [-0.1, -0.05) is 6.07 Å². The van der Waals surface area contributed by atoms with Gasteiger partial charge in [0.2, 0.25) is 0 Å². The van der Waals surface area contributed by atoms with Crippen molar-refractivity contribution in [2.24, 2.45) is 0 Å². The topological polar surface area (TPSA) is 86.6 Å². The van der Waals surface area contributed by atoms with Gasteiger partial charge in [-0.3, -0.25) is 4.79 Å². The van der Waals surface area contributed by atoms with Crippen LogP contribution in [0.3, 0.4) is 0 Å². The number of carboxylic acid groups (broad SMARTS) is 1. The largest absolute Gasteiger partial charge is 0.480 e. The van der Waals surface area contributed by atoms with Crippen LogP contribution in [0.5, 0.6) is 0 Å². The highest BCUT2D eigenvalue weighted by Crippen LogP contribution is 2.11. The van der Waals surface area contributed by atoms with Gasteiger partial charge in [0.15, 0.2) is 11.6 Å². The van der Waals surface area contributed by atoms with Gasteiger partial charge >= 0.3 is 5.97 Å². The van der Waals surface area contributed by atoms with Crippen molar-refractivity contribution in [3.05, 3.63) is 35.4 Å². The molecule has 0 bridgehead atoms. The third-order valence-electron chi connectivity index (χ3n) is 2.22. The number of nitrogens with one attached hydrogen (secondary N) is 1. The van der Waals surface area contributed by atoms with E-state index in [1.165, 1.54) is 0 Å². The molecular weight excluding hydrogens is 248 g/mol. The molecule has 0 aliphatic carbocycles. The molecule has 5 nitrogen and oxygen atoms in total. The van der Waals surface area contributed by atoms with E-state index in [0.29, 0.717) is 0 Å². The summed E-state index contributed by atoms with van der Waals surface area (Å²) in [5, 5.41) is 19.3. The Bertz CT molecular complexity index is 464. The van der Waals surface area contributed by atoms with Crippen LogP contribution in [0.15, 0.2) is 18.2 Å². The second kappa shape index (κ2) is 6.06. The summed E-state index contributed by atoms with van der Waals surface area (Å²) < 4.78 is 26.1. The third kappa shape index (κ3) is 3.24. The minimum Gasteiger partial charge on any atom is -0.480 e. The first-order valence-electron chi connectivity index (χ1n) is 5.06. The molecule has 1 unspecified atom stereocenters. The van der Waals surface area contributed by atoms with Gasteiger partial charge in [-0.05, 0) is 12.1 Å². The van der Waals surface area contributed by atoms with Gasteiger partial charge in [0.05, 0.1) is 5.56 Å². The molecule has 1 rings (SSSR count). The molecule has 0 aromatic heterocycles. The standard InChI is InChI=1S/C11H11F2NO4/c12-7-3-1-2-6(9(7)13)10(16)14-8(4-5-15)11(17)18/h1-3,8,15H,4-5H2,(H,14,16)(H,17,18). The number of hydrogen-bond acceptors (Lipinski definition) is 3. The van der Waals surface area contributed by atoms with Gasteiger partial charge in [0, 0.05) is 13.0 Å². The highest BCUT2D eigenvalue weighted by Gasteiger charge is 2.22. The van der Waals surface area contributed by atoms with Crippen LogP contribution in [0.4, 0.5) is 8.78 Å². The minimum atomic E-state index is -1.37. The molecule has 3 N–H and O–H groups in total. The Hall–Kier alpha value is -2.02. The molecule has 0 saturated carbocycles. The quantitative estimate of drug-likeness (QED) is 0.720. The Morgan fingerprint density at radius 2 is 2.00 bits per heavy atom. The lowest BCUT2D eigenvalue weighted by molar-refractivity contribution is -0.139. The summed E-state index contributed by atoms with van der Waals surface area (Å²) in [6.07, 6.45) is -0.224. The number of benzene rings is 1. The van der Waals surface area contributed by atoms with E-state index in [-0.39, 0.29) is 6.42 Å². The molecule has 0 radical (unpaired) electrons. The molecule has 0 fully saturated rings. The van der Waals surface area contributed by atoms with Crippen molar-refractivity contribution < 1.29 is 28.6 Å². The van der Waals surface area contributed by atoms with E-state index in [1.807, 2.05) is 5.32 Å². The number of halogens is 2. The second-order valence-electron chi connectivity index (χ2n) is 3.48. The van der Waals surface area contributed by atoms with E-state index in [9.17, 15) is 18.4 Å². The fourth-order valence-corrected chi connectivity index (χ4v) is 1.30. The Balaban J connectivity index is 2.87. The molecule has 1 atom stereocenters. The number of aliphatic carboxylic acids is 1. The van der Waals surface area contributed by atoms with Crippen molar-refractivity contribution in [2.75, 3.05) is 6.61 Å². The van der Waals surface area contributed by atoms with Crippen LogP contribution >= 0.6 is 0 Å². The highest BCUT2D eigenvalue weighted by atomic mass is 19.2. The number of amides is 1. The normalized spacial score (nSPS) is 11.9. The van der Waals surface area contributed by atoms with Crippen LogP contribution in [0, 0.1) is 11.6 Å².